The average Bonchev–Trinajstić information content (AvgIpc) is 1.95. The van der Waals surface area contributed by atoms with Gasteiger partial charge in [-0.05, 0) is 12.5 Å². The summed E-state index contributed by atoms with van der Waals surface area (Å²) in [6.45, 7) is 1.82. The van der Waals surface area contributed by atoms with E-state index < -0.39 is 0 Å². The van der Waals surface area contributed by atoms with Crippen LogP contribution in [0.15, 0.2) is 12.4 Å². The van der Waals surface area contributed by atoms with Crippen molar-refractivity contribution in [2.45, 2.75) is 13.5 Å². The zero-order valence-corrected chi connectivity index (χ0v) is 5.83. The van der Waals surface area contributed by atoms with E-state index in [2.05, 4.69) is 4.98 Å². The van der Waals surface area contributed by atoms with Gasteiger partial charge < -0.3 is 10.8 Å². The molecule has 3 nitrogen and oxygen atoms in total. The smallest absolute Gasteiger partial charge is 0.0717 e. The second-order valence-corrected chi connectivity index (χ2v) is 2.19. The van der Waals surface area contributed by atoms with E-state index in [0.717, 1.165) is 5.56 Å². The minimum atomic E-state index is -0.0412. The number of hydrogen-bond acceptors (Lipinski definition) is 3. The molecule has 0 unspecified atom stereocenters. The zero-order valence-electron chi connectivity index (χ0n) is 5.83. The van der Waals surface area contributed by atoms with Gasteiger partial charge in [0.2, 0.25) is 0 Å². The Morgan fingerprint density at radius 1 is 1.60 bits per heavy atom. The van der Waals surface area contributed by atoms with E-state index in [1.807, 2.05) is 6.92 Å². The molecular weight excluding hydrogens is 128 g/mol. The Bertz CT molecular complexity index is 235. The summed E-state index contributed by atoms with van der Waals surface area (Å²) in [5, 5.41) is 8.72. The van der Waals surface area contributed by atoms with Gasteiger partial charge in [0, 0.05) is 23.6 Å². The van der Waals surface area contributed by atoms with Crippen LogP contribution in [0.2, 0.25) is 0 Å². The summed E-state index contributed by atoms with van der Waals surface area (Å²) in [6.07, 6.45) is 3.25. The highest BCUT2D eigenvalue weighted by Gasteiger charge is 1.98. The van der Waals surface area contributed by atoms with Crippen molar-refractivity contribution in [3.8, 4) is 0 Å². The van der Waals surface area contributed by atoms with Crippen LogP contribution in [-0.2, 0) is 6.61 Å². The van der Waals surface area contributed by atoms with Crippen molar-refractivity contribution in [3.05, 3.63) is 23.5 Å². The quantitative estimate of drug-likeness (QED) is 0.592. The number of anilines is 1. The van der Waals surface area contributed by atoms with E-state index in [1.54, 1.807) is 12.4 Å². The molecular formula is C7H10N2O. The number of aliphatic hydroxyl groups excluding tert-OH is 1. The first kappa shape index (κ1) is 7.02. The van der Waals surface area contributed by atoms with Crippen LogP contribution in [0.3, 0.4) is 0 Å². The molecule has 0 fully saturated rings. The highest BCUT2D eigenvalue weighted by molar-refractivity contribution is 5.50. The van der Waals surface area contributed by atoms with Crippen LogP contribution in [0.4, 0.5) is 5.69 Å². The molecule has 1 aromatic rings. The van der Waals surface area contributed by atoms with Crippen LogP contribution >= 0.6 is 0 Å². The van der Waals surface area contributed by atoms with Crippen molar-refractivity contribution in [1.29, 1.82) is 0 Å². The molecule has 0 bridgehead atoms. The van der Waals surface area contributed by atoms with Crippen molar-refractivity contribution in [2.24, 2.45) is 0 Å². The van der Waals surface area contributed by atoms with Crippen molar-refractivity contribution < 1.29 is 5.11 Å². The number of aromatic nitrogens is 1. The molecule has 0 aliphatic rings. The third-order valence-electron chi connectivity index (χ3n) is 1.44. The van der Waals surface area contributed by atoms with E-state index in [4.69, 9.17) is 10.8 Å². The molecule has 0 aromatic carbocycles. The lowest BCUT2D eigenvalue weighted by molar-refractivity contribution is 0.282. The first-order valence-corrected chi connectivity index (χ1v) is 3.05. The third-order valence-corrected chi connectivity index (χ3v) is 1.44. The van der Waals surface area contributed by atoms with E-state index >= 15 is 0 Å². The predicted molar refractivity (Wildman–Crippen MR) is 39.3 cm³/mol. The molecule has 0 saturated carbocycles. The minimum absolute atomic E-state index is 0.0412. The van der Waals surface area contributed by atoms with Crippen molar-refractivity contribution in [3.63, 3.8) is 0 Å². The SMILES string of the molecule is Cc1cncc(CO)c1N. The summed E-state index contributed by atoms with van der Waals surface area (Å²) in [4.78, 5) is 3.88. The van der Waals surface area contributed by atoms with Gasteiger partial charge in [0.05, 0.1) is 6.61 Å². The van der Waals surface area contributed by atoms with Gasteiger partial charge in [-0.15, -0.1) is 0 Å². The van der Waals surface area contributed by atoms with Crippen LogP contribution < -0.4 is 5.73 Å². The fourth-order valence-corrected chi connectivity index (χ4v) is 0.757. The molecule has 1 aromatic heterocycles. The van der Waals surface area contributed by atoms with Crippen LogP contribution in [0, 0.1) is 6.92 Å². The molecule has 1 rings (SSSR count). The van der Waals surface area contributed by atoms with Crippen molar-refractivity contribution >= 4 is 5.69 Å². The summed E-state index contributed by atoms with van der Waals surface area (Å²) in [7, 11) is 0. The van der Waals surface area contributed by atoms with E-state index in [-0.39, 0.29) is 6.61 Å². The molecule has 0 aliphatic carbocycles. The van der Waals surface area contributed by atoms with E-state index in [9.17, 15) is 0 Å². The monoisotopic (exact) mass is 138 g/mol. The number of aryl methyl sites for hydroxylation is 1. The standard InChI is InChI=1S/C7H10N2O/c1-5-2-9-3-6(4-10)7(5)8/h2-3,10H,4H2,1H3,(H2,8,9). The number of nitrogens with zero attached hydrogens (tertiary/aromatic N) is 1. The van der Waals surface area contributed by atoms with Crippen LogP contribution in [0.1, 0.15) is 11.1 Å². The molecule has 54 valence electrons. The number of hydrogen-bond donors (Lipinski definition) is 2. The Balaban J connectivity index is 3.14. The van der Waals surface area contributed by atoms with Crippen molar-refractivity contribution in [1.82, 2.24) is 4.98 Å². The number of rotatable bonds is 1. The molecule has 1 heterocycles. The highest BCUT2D eigenvalue weighted by atomic mass is 16.3. The molecule has 3 N–H and O–H groups in total. The fraction of sp³-hybridized carbons (Fsp3) is 0.286. The lowest BCUT2D eigenvalue weighted by Gasteiger charge is -2.02. The van der Waals surface area contributed by atoms with Crippen LogP contribution in [0.5, 0.6) is 0 Å². The molecule has 0 radical (unpaired) electrons. The summed E-state index contributed by atoms with van der Waals surface area (Å²) in [5.41, 5.74) is 7.83. The van der Waals surface area contributed by atoms with E-state index in [0.29, 0.717) is 11.3 Å². The maximum absolute atomic E-state index is 8.72. The van der Waals surface area contributed by atoms with Gasteiger partial charge in [-0.25, -0.2) is 0 Å². The summed E-state index contributed by atoms with van der Waals surface area (Å²) < 4.78 is 0. The summed E-state index contributed by atoms with van der Waals surface area (Å²) >= 11 is 0. The van der Waals surface area contributed by atoms with Crippen molar-refractivity contribution in [2.75, 3.05) is 5.73 Å². The van der Waals surface area contributed by atoms with Gasteiger partial charge in [-0.1, -0.05) is 0 Å². The Morgan fingerprint density at radius 3 is 2.80 bits per heavy atom. The van der Waals surface area contributed by atoms with E-state index in [1.165, 1.54) is 0 Å². The molecule has 0 saturated heterocycles. The molecule has 10 heavy (non-hydrogen) atoms. The van der Waals surface area contributed by atoms with Gasteiger partial charge in [0.25, 0.3) is 0 Å². The molecule has 0 amide bonds. The van der Waals surface area contributed by atoms with Gasteiger partial charge >= 0.3 is 0 Å². The fourth-order valence-electron chi connectivity index (χ4n) is 0.757. The topological polar surface area (TPSA) is 59.1 Å². The number of aliphatic hydroxyl groups is 1. The zero-order chi connectivity index (χ0) is 7.56. The summed E-state index contributed by atoms with van der Waals surface area (Å²) in [6, 6.07) is 0. The maximum Gasteiger partial charge on any atom is 0.0717 e. The predicted octanol–water partition coefficient (Wildman–Crippen LogP) is 0.465. The normalized spacial score (nSPS) is 9.80. The Morgan fingerprint density at radius 2 is 2.30 bits per heavy atom. The summed E-state index contributed by atoms with van der Waals surface area (Å²) in [5.74, 6) is 0. The number of nitrogen functional groups attached to an aromatic ring is 1. The van der Waals surface area contributed by atoms with Gasteiger partial charge in [0.15, 0.2) is 0 Å². The maximum atomic E-state index is 8.72. The van der Waals surface area contributed by atoms with Gasteiger partial charge in [-0.3, -0.25) is 4.98 Å². The lowest BCUT2D eigenvalue weighted by atomic mass is 10.2. The second kappa shape index (κ2) is 2.66. The molecule has 3 heteroatoms. The highest BCUT2D eigenvalue weighted by Crippen LogP contribution is 2.13. The number of nitrogens with two attached hydrogens (primary N) is 1. The van der Waals surface area contributed by atoms with Crippen LogP contribution in [-0.4, -0.2) is 10.1 Å². The first-order valence-electron chi connectivity index (χ1n) is 3.05. The van der Waals surface area contributed by atoms with Gasteiger partial charge in [0.1, 0.15) is 0 Å². The van der Waals surface area contributed by atoms with Crippen LogP contribution in [0.25, 0.3) is 0 Å². The Kier molecular flexibility index (Phi) is 1.87. The van der Waals surface area contributed by atoms with Gasteiger partial charge in [-0.2, -0.15) is 0 Å². The molecule has 0 spiro atoms. The first-order chi connectivity index (χ1) is 4.75. The lowest BCUT2D eigenvalue weighted by Crippen LogP contribution is -1.97. The molecule has 0 aliphatic heterocycles. The Hall–Kier alpha value is -1.09. The second-order valence-electron chi connectivity index (χ2n) is 2.19. The Labute approximate surface area is 59.5 Å². The largest absolute Gasteiger partial charge is 0.398 e. The number of pyridine rings is 1. The average molecular weight is 138 g/mol. The third kappa shape index (κ3) is 1.09. The minimum Gasteiger partial charge on any atom is -0.398 e. The molecule has 0 atom stereocenters.